The monoisotopic (exact) mass is 422 g/mol. The molecule has 0 aromatic carbocycles. The summed E-state index contributed by atoms with van der Waals surface area (Å²) >= 11 is 5.11. The first-order chi connectivity index (χ1) is 12.3. The molecule has 0 aromatic heterocycles. The van der Waals surface area contributed by atoms with Gasteiger partial charge in [0.05, 0.1) is 17.2 Å². The van der Waals surface area contributed by atoms with Crippen LogP contribution in [0.4, 0.5) is 0 Å². The zero-order valence-electron chi connectivity index (χ0n) is 15.2. The summed E-state index contributed by atoms with van der Waals surface area (Å²) in [5, 5.41) is 12.6. The van der Waals surface area contributed by atoms with Crippen molar-refractivity contribution in [3.05, 3.63) is 0 Å². The SMILES string of the molecule is COC(=O)[C@@H](CCSC)N[C@@H](C)C(=O)N1CC2(C[C@H]1C(=O)O)SCCS2. The molecule has 0 aliphatic carbocycles. The predicted molar refractivity (Wildman–Crippen MR) is 107 cm³/mol. The lowest BCUT2D eigenvalue weighted by atomic mass is 10.1. The van der Waals surface area contributed by atoms with E-state index in [2.05, 4.69) is 5.32 Å². The third-order valence-corrected chi connectivity index (χ3v) is 8.66. The summed E-state index contributed by atoms with van der Waals surface area (Å²) in [5.41, 5.74) is 0. The zero-order chi connectivity index (χ0) is 19.3. The number of ether oxygens (including phenoxy) is 1. The first-order valence-corrected chi connectivity index (χ1v) is 11.8. The Morgan fingerprint density at radius 2 is 2.04 bits per heavy atom. The van der Waals surface area contributed by atoms with Gasteiger partial charge in [0.2, 0.25) is 5.91 Å². The summed E-state index contributed by atoms with van der Waals surface area (Å²) in [4.78, 5) is 38.1. The van der Waals surface area contributed by atoms with Gasteiger partial charge < -0.3 is 14.7 Å². The average molecular weight is 423 g/mol. The van der Waals surface area contributed by atoms with Crippen LogP contribution in [0, 0.1) is 0 Å². The molecule has 7 nitrogen and oxygen atoms in total. The molecule has 148 valence electrons. The van der Waals surface area contributed by atoms with Crippen molar-refractivity contribution in [3.8, 4) is 0 Å². The highest BCUT2D eigenvalue weighted by Gasteiger charge is 2.52. The Kier molecular flexibility index (Phi) is 7.99. The Morgan fingerprint density at radius 3 is 2.58 bits per heavy atom. The highest BCUT2D eigenvalue weighted by molar-refractivity contribution is 8.21. The van der Waals surface area contributed by atoms with E-state index in [9.17, 15) is 19.5 Å². The number of hydrogen-bond acceptors (Lipinski definition) is 8. The van der Waals surface area contributed by atoms with E-state index >= 15 is 0 Å². The van der Waals surface area contributed by atoms with Crippen molar-refractivity contribution < 1.29 is 24.2 Å². The molecular formula is C16H26N2O5S3. The van der Waals surface area contributed by atoms with Gasteiger partial charge in [-0.2, -0.15) is 11.8 Å². The first kappa shape index (κ1) is 21.7. The second-order valence-corrected chi connectivity index (χ2v) is 10.6. The average Bonchev–Trinajstić information content (AvgIpc) is 3.24. The molecule has 0 aromatic rings. The number of hydrogen-bond donors (Lipinski definition) is 2. The number of esters is 1. The fourth-order valence-electron chi connectivity index (χ4n) is 3.27. The molecule has 0 radical (unpaired) electrons. The maximum absolute atomic E-state index is 12.9. The predicted octanol–water partition coefficient (Wildman–Crippen LogP) is 1.12. The summed E-state index contributed by atoms with van der Waals surface area (Å²) in [6.07, 6.45) is 2.95. The molecule has 2 rings (SSSR count). The van der Waals surface area contributed by atoms with Crippen molar-refractivity contribution in [2.75, 3.05) is 37.2 Å². The maximum Gasteiger partial charge on any atom is 0.326 e. The van der Waals surface area contributed by atoms with E-state index in [0.29, 0.717) is 19.4 Å². The molecule has 10 heteroatoms. The van der Waals surface area contributed by atoms with E-state index < -0.39 is 30.1 Å². The lowest BCUT2D eigenvalue weighted by Crippen LogP contribution is -2.53. The summed E-state index contributed by atoms with van der Waals surface area (Å²) in [5.74, 6) is 1.06. The molecule has 0 bridgehead atoms. The molecule has 0 saturated carbocycles. The number of nitrogens with zero attached hydrogens (tertiary/aromatic N) is 1. The smallest absolute Gasteiger partial charge is 0.326 e. The van der Waals surface area contributed by atoms with Crippen LogP contribution in [0.5, 0.6) is 0 Å². The van der Waals surface area contributed by atoms with Crippen LogP contribution in [0.1, 0.15) is 19.8 Å². The minimum absolute atomic E-state index is 0.209. The van der Waals surface area contributed by atoms with Gasteiger partial charge in [-0.1, -0.05) is 0 Å². The molecule has 1 spiro atoms. The van der Waals surface area contributed by atoms with Crippen LogP contribution in [0.15, 0.2) is 0 Å². The number of aliphatic carboxylic acids is 1. The third kappa shape index (κ3) is 5.02. The van der Waals surface area contributed by atoms with Crippen molar-refractivity contribution in [3.63, 3.8) is 0 Å². The van der Waals surface area contributed by atoms with E-state index in [1.807, 2.05) is 6.26 Å². The van der Waals surface area contributed by atoms with Gasteiger partial charge in [-0.05, 0) is 25.4 Å². The number of likely N-dealkylation sites (tertiary alicyclic amines) is 1. The highest BCUT2D eigenvalue weighted by Crippen LogP contribution is 2.51. The highest BCUT2D eigenvalue weighted by atomic mass is 32.2. The minimum atomic E-state index is -0.970. The summed E-state index contributed by atoms with van der Waals surface area (Å²) in [6.45, 7) is 2.11. The van der Waals surface area contributed by atoms with Crippen LogP contribution >= 0.6 is 35.3 Å². The molecule has 26 heavy (non-hydrogen) atoms. The van der Waals surface area contributed by atoms with Crippen LogP contribution in [-0.4, -0.2) is 87.2 Å². The zero-order valence-corrected chi connectivity index (χ0v) is 17.7. The van der Waals surface area contributed by atoms with Gasteiger partial charge in [-0.3, -0.25) is 14.9 Å². The number of carboxylic acids is 1. The molecule has 0 unspecified atom stereocenters. The van der Waals surface area contributed by atoms with E-state index in [4.69, 9.17) is 4.74 Å². The lowest BCUT2D eigenvalue weighted by molar-refractivity contribution is -0.149. The van der Waals surface area contributed by atoms with Gasteiger partial charge in [0.15, 0.2) is 0 Å². The summed E-state index contributed by atoms with van der Waals surface area (Å²) in [6, 6.07) is -2.05. The number of methoxy groups -OCH3 is 1. The molecule has 1 amide bonds. The third-order valence-electron chi connectivity index (χ3n) is 4.59. The summed E-state index contributed by atoms with van der Waals surface area (Å²) < 4.78 is 4.61. The van der Waals surface area contributed by atoms with Crippen LogP contribution < -0.4 is 5.32 Å². The number of carboxylic acid groups (broad SMARTS) is 1. The second-order valence-electron chi connectivity index (χ2n) is 6.38. The Labute approximate surface area is 166 Å². The fraction of sp³-hybridized carbons (Fsp3) is 0.812. The van der Waals surface area contributed by atoms with Gasteiger partial charge in [-0.25, -0.2) is 4.79 Å². The van der Waals surface area contributed by atoms with Gasteiger partial charge in [0.25, 0.3) is 0 Å². The van der Waals surface area contributed by atoms with E-state index in [1.165, 1.54) is 12.0 Å². The van der Waals surface area contributed by atoms with Crippen molar-refractivity contribution in [1.29, 1.82) is 0 Å². The van der Waals surface area contributed by atoms with Crippen molar-refractivity contribution >= 4 is 53.1 Å². The normalized spacial score (nSPS) is 23.8. The van der Waals surface area contributed by atoms with E-state index in [-0.39, 0.29) is 9.99 Å². The van der Waals surface area contributed by atoms with Crippen molar-refractivity contribution in [2.24, 2.45) is 0 Å². The second kappa shape index (κ2) is 9.57. The Bertz CT molecular complexity index is 542. The van der Waals surface area contributed by atoms with Gasteiger partial charge in [0.1, 0.15) is 12.1 Å². The van der Waals surface area contributed by atoms with Gasteiger partial charge in [-0.15, -0.1) is 23.5 Å². The molecular weight excluding hydrogens is 396 g/mol. The quantitative estimate of drug-likeness (QED) is 0.558. The van der Waals surface area contributed by atoms with Crippen LogP contribution in [-0.2, 0) is 19.1 Å². The molecule has 2 aliphatic heterocycles. The Hall–Kier alpha value is -0.580. The maximum atomic E-state index is 12.9. The molecule has 2 saturated heterocycles. The van der Waals surface area contributed by atoms with E-state index in [0.717, 1.165) is 17.3 Å². The van der Waals surface area contributed by atoms with Crippen LogP contribution in [0.3, 0.4) is 0 Å². The number of thioether (sulfide) groups is 3. The Morgan fingerprint density at radius 1 is 1.38 bits per heavy atom. The number of carbonyl (C=O) groups excluding carboxylic acids is 2. The number of nitrogens with one attached hydrogen (secondary N) is 1. The van der Waals surface area contributed by atoms with Crippen LogP contribution in [0.25, 0.3) is 0 Å². The molecule has 3 atom stereocenters. The number of rotatable bonds is 8. The minimum Gasteiger partial charge on any atom is -0.480 e. The topological polar surface area (TPSA) is 95.9 Å². The lowest BCUT2D eigenvalue weighted by Gasteiger charge is -2.28. The van der Waals surface area contributed by atoms with Crippen LogP contribution in [0.2, 0.25) is 0 Å². The number of carbonyl (C=O) groups is 3. The Balaban J connectivity index is 2.06. The molecule has 2 heterocycles. The first-order valence-electron chi connectivity index (χ1n) is 8.47. The summed E-state index contributed by atoms with van der Waals surface area (Å²) in [7, 11) is 1.32. The standard InChI is InChI=1S/C16H26N2O5S3/c1-10(17-11(4-5-24-3)15(22)23-2)13(19)18-9-16(25-6-7-26-16)8-12(18)14(20)21/h10-12,17H,4-9H2,1-3H3,(H,20,21)/t10-,11+,12-/m0/s1. The van der Waals surface area contributed by atoms with Crippen molar-refractivity contribution in [1.82, 2.24) is 10.2 Å². The molecule has 2 N–H and O–H groups in total. The number of amides is 1. The fourth-order valence-corrected chi connectivity index (χ4v) is 6.99. The van der Waals surface area contributed by atoms with Gasteiger partial charge in [0, 0.05) is 24.5 Å². The van der Waals surface area contributed by atoms with E-state index in [1.54, 1.807) is 42.2 Å². The molecule has 2 fully saturated rings. The van der Waals surface area contributed by atoms with Crippen molar-refractivity contribution in [2.45, 2.75) is 42.0 Å². The largest absolute Gasteiger partial charge is 0.480 e. The van der Waals surface area contributed by atoms with Gasteiger partial charge >= 0.3 is 11.9 Å². The molecule has 2 aliphatic rings.